The fourth-order valence-electron chi connectivity index (χ4n) is 1.16. The number of rotatable bonds is 6. The number of hydrogen-bond donors (Lipinski definition) is 1. The molecule has 0 amide bonds. The molecule has 0 saturated carbocycles. The first kappa shape index (κ1) is 12.2. The van der Waals surface area contributed by atoms with Gasteiger partial charge in [0, 0.05) is 12.0 Å². The van der Waals surface area contributed by atoms with Crippen LogP contribution in [-0.4, -0.2) is 23.7 Å². The molecule has 0 heterocycles. The Kier molecular flexibility index (Phi) is 5.05. The molecule has 1 atom stereocenters. The molecule has 1 aromatic rings. The number of carbonyl (C=O) groups is 1. The van der Waals surface area contributed by atoms with Gasteiger partial charge in [0.2, 0.25) is 0 Å². The van der Waals surface area contributed by atoms with E-state index in [2.05, 4.69) is 5.16 Å². The van der Waals surface area contributed by atoms with Gasteiger partial charge in [0.1, 0.15) is 18.1 Å². The first-order valence-electron chi connectivity index (χ1n) is 5.18. The van der Waals surface area contributed by atoms with Gasteiger partial charge in [-0.15, -0.1) is 0 Å². The fraction of sp³-hybridized carbons (Fsp3) is 0.333. The summed E-state index contributed by atoms with van der Waals surface area (Å²) < 4.78 is 0. The van der Waals surface area contributed by atoms with Crippen molar-refractivity contribution in [2.75, 3.05) is 0 Å². The van der Waals surface area contributed by atoms with Crippen LogP contribution in [0.3, 0.4) is 0 Å². The van der Waals surface area contributed by atoms with Gasteiger partial charge in [0.15, 0.2) is 0 Å². The van der Waals surface area contributed by atoms with Gasteiger partial charge in [0.25, 0.3) is 0 Å². The van der Waals surface area contributed by atoms with E-state index in [9.17, 15) is 9.90 Å². The number of aromatic hydroxyl groups is 1. The van der Waals surface area contributed by atoms with E-state index in [-0.39, 0.29) is 11.9 Å². The van der Waals surface area contributed by atoms with Crippen molar-refractivity contribution < 1.29 is 14.7 Å². The maximum atomic E-state index is 10.3. The number of para-hydroxylation sites is 1. The van der Waals surface area contributed by atoms with Gasteiger partial charge in [-0.3, -0.25) is 0 Å². The van der Waals surface area contributed by atoms with Gasteiger partial charge in [0.05, 0.1) is 6.21 Å². The van der Waals surface area contributed by atoms with Crippen molar-refractivity contribution in [3.8, 4) is 5.75 Å². The van der Waals surface area contributed by atoms with Gasteiger partial charge >= 0.3 is 0 Å². The Morgan fingerprint density at radius 2 is 2.25 bits per heavy atom. The first-order valence-corrected chi connectivity index (χ1v) is 5.18. The minimum Gasteiger partial charge on any atom is -0.507 e. The number of hydrogen-bond acceptors (Lipinski definition) is 4. The largest absolute Gasteiger partial charge is 0.507 e. The van der Waals surface area contributed by atoms with Crippen LogP contribution in [0.4, 0.5) is 0 Å². The van der Waals surface area contributed by atoms with Gasteiger partial charge in [-0.05, 0) is 18.6 Å². The van der Waals surface area contributed by atoms with E-state index in [0.717, 1.165) is 12.7 Å². The van der Waals surface area contributed by atoms with Crippen molar-refractivity contribution >= 4 is 12.5 Å². The fourth-order valence-corrected chi connectivity index (χ4v) is 1.16. The van der Waals surface area contributed by atoms with E-state index >= 15 is 0 Å². The maximum Gasteiger partial charge on any atom is 0.133 e. The molecule has 86 valence electrons. The molecule has 0 fully saturated rings. The smallest absolute Gasteiger partial charge is 0.133 e. The average molecular weight is 221 g/mol. The number of carbonyl (C=O) groups excluding carboxylic acids is 1. The second kappa shape index (κ2) is 6.61. The summed E-state index contributed by atoms with van der Waals surface area (Å²) in [4.78, 5) is 15.4. The molecule has 0 saturated heterocycles. The second-order valence-corrected chi connectivity index (χ2v) is 3.33. The third-order valence-corrected chi connectivity index (χ3v) is 2.15. The highest BCUT2D eigenvalue weighted by atomic mass is 16.6. The van der Waals surface area contributed by atoms with E-state index < -0.39 is 0 Å². The average Bonchev–Trinajstić information content (AvgIpc) is 2.30. The Morgan fingerprint density at radius 1 is 1.50 bits per heavy atom. The summed E-state index contributed by atoms with van der Waals surface area (Å²) in [6, 6.07) is 6.82. The van der Waals surface area contributed by atoms with Crippen LogP contribution < -0.4 is 0 Å². The molecule has 0 aliphatic carbocycles. The van der Waals surface area contributed by atoms with Crippen LogP contribution in [-0.2, 0) is 9.63 Å². The molecule has 1 aromatic carbocycles. The van der Waals surface area contributed by atoms with Crippen molar-refractivity contribution in [1.29, 1.82) is 0 Å². The zero-order valence-electron chi connectivity index (χ0n) is 9.17. The molecule has 0 bridgehead atoms. The molecule has 0 aliphatic rings. The molecule has 0 aromatic heterocycles. The third kappa shape index (κ3) is 3.73. The minimum atomic E-state index is -0.195. The molecule has 4 heteroatoms. The maximum absolute atomic E-state index is 10.3. The zero-order chi connectivity index (χ0) is 11.8. The first-order chi connectivity index (χ1) is 7.77. The third-order valence-electron chi connectivity index (χ3n) is 2.15. The van der Waals surface area contributed by atoms with Crippen molar-refractivity contribution in [2.24, 2.45) is 5.16 Å². The van der Waals surface area contributed by atoms with Crippen molar-refractivity contribution in [3.05, 3.63) is 29.8 Å². The van der Waals surface area contributed by atoms with Crippen molar-refractivity contribution in [1.82, 2.24) is 0 Å². The summed E-state index contributed by atoms with van der Waals surface area (Å²) in [6.07, 6.45) is 3.09. The number of oxime groups is 1. The predicted molar refractivity (Wildman–Crippen MR) is 61.5 cm³/mol. The molecular weight excluding hydrogens is 206 g/mol. The lowest BCUT2D eigenvalue weighted by Crippen LogP contribution is -2.08. The number of phenolic OH excluding ortho intramolecular Hbond substituents is 1. The SMILES string of the molecule is CCC(CC=O)O/N=C/c1ccccc1O. The number of phenols is 1. The van der Waals surface area contributed by atoms with Crippen LogP contribution in [0.25, 0.3) is 0 Å². The molecule has 1 unspecified atom stereocenters. The van der Waals surface area contributed by atoms with Crippen LogP contribution in [0, 0.1) is 0 Å². The summed E-state index contributed by atoms with van der Waals surface area (Å²) in [6.45, 7) is 1.92. The highest BCUT2D eigenvalue weighted by Crippen LogP contribution is 2.13. The van der Waals surface area contributed by atoms with E-state index in [1.807, 2.05) is 6.92 Å². The van der Waals surface area contributed by atoms with Gasteiger partial charge in [-0.25, -0.2) is 0 Å². The molecule has 1 N–H and O–H groups in total. The highest BCUT2D eigenvalue weighted by molar-refractivity contribution is 5.82. The monoisotopic (exact) mass is 221 g/mol. The van der Waals surface area contributed by atoms with Crippen LogP contribution in [0.1, 0.15) is 25.3 Å². The van der Waals surface area contributed by atoms with E-state index in [0.29, 0.717) is 12.0 Å². The number of nitrogens with zero attached hydrogens (tertiary/aromatic N) is 1. The van der Waals surface area contributed by atoms with E-state index in [1.54, 1.807) is 24.3 Å². The summed E-state index contributed by atoms with van der Waals surface area (Å²) >= 11 is 0. The topological polar surface area (TPSA) is 58.9 Å². The van der Waals surface area contributed by atoms with Gasteiger partial charge < -0.3 is 14.7 Å². The zero-order valence-corrected chi connectivity index (χ0v) is 9.17. The van der Waals surface area contributed by atoms with Crippen molar-refractivity contribution in [2.45, 2.75) is 25.9 Å². The Hall–Kier alpha value is -1.84. The van der Waals surface area contributed by atoms with Crippen LogP contribution >= 0.6 is 0 Å². The van der Waals surface area contributed by atoms with Crippen LogP contribution in [0.2, 0.25) is 0 Å². The normalized spacial score (nSPS) is 12.6. The Bertz CT molecular complexity index is 363. The van der Waals surface area contributed by atoms with Crippen LogP contribution in [0.15, 0.2) is 29.4 Å². The number of aldehydes is 1. The molecule has 0 spiro atoms. The second-order valence-electron chi connectivity index (χ2n) is 3.33. The number of benzene rings is 1. The van der Waals surface area contributed by atoms with Crippen LogP contribution in [0.5, 0.6) is 5.75 Å². The Morgan fingerprint density at radius 3 is 2.88 bits per heavy atom. The minimum absolute atomic E-state index is 0.151. The lowest BCUT2D eigenvalue weighted by Gasteiger charge is -2.08. The summed E-state index contributed by atoms with van der Waals surface area (Å²) in [5.74, 6) is 0.151. The molecule has 1 rings (SSSR count). The summed E-state index contributed by atoms with van der Waals surface area (Å²) in [5.41, 5.74) is 0.587. The van der Waals surface area contributed by atoms with E-state index in [4.69, 9.17) is 4.84 Å². The molecule has 4 nitrogen and oxygen atoms in total. The van der Waals surface area contributed by atoms with Gasteiger partial charge in [-0.1, -0.05) is 24.2 Å². The Balaban J connectivity index is 2.54. The quantitative estimate of drug-likeness (QED) is 0.454. The summed E-state index contributed by atoms with van der Waals surface area (Å²) in [7, 11) is 0. The van der Waals surface area contributed by atoms with Crippen molar-refractivity contribution in [3.63, 3.8) is 0 Å². The lowest BCUT2D eigenvalue weighted by molar-refractivity contribution is -0.110. The molecule has 0 aliphatic heterocycles. The Labute approximate surface area is 94.5 Å². The standard InChI is InChI=1S/C12H15NO3/c1-2-11(7-8-14)16-13-9-10-5-3-4-6-12(10)15/h3-6,8-9,11,15H,2,7H2,1H3/b13-9+. The molecule has 0 radical (unpaired) electrons. The highest BCUT2D eigenvalue weighted by Gasteiger charge is 2.04. The molecule has 16 heavy (non-hydrogen) atoms. The van der Waals surface area contributed by atoms with E-state index in [1.165, 1.54) is 6.21 Å². The summed E-state index contributed by atoms with van der Waals surface area (Å²) in [5, 5.41) is 13.2. The molecular formula is C12H15NO3. The van der Waals surface area contributed by atoms with Gasteiger partial charge in [-0.2, -0.15) is 0 Å². The predicted octanol–water partition coefficient (Wildman–Crippen LogP) is 2.11. The lowest BCUT2D eigenvalue weighted by atomic mass is 10.2.